The van der Waals surface area contributed by atoms with Crippen LogP contribution >= 0.6 is 11.3 Å². The van der Waals surface area contributed by atoms with Crippen LogP contribution in [-0.2, 0) is 19.4 Å². The number of benzene rings is 1. The number of methoxy groups -OCH3 is 1. The summed E-state index contributed by atoms with van der Waals surface area (Å²) in [5.74, 6) is 0.835. The Balaban J connectivity index is 1.57. The number of thiazole rings is 1. The van der Waals surface area contributed by atoms with Crippen LogP contribution in [0.2, 0.25) is 0 Å². The second-order valence-corrected chi connectivity index (χ2v) is 8.64. The summed E-state index contributed by atoms with van der Waals surface area (Å²) >= 11 is 1.57. The van der Waals surface area contributed by atoms with Crippen LogP contribution < -0.4 is 20.3 Å². The lowest BCUT2D eigenvalue weighted by atomic mass is 10.0. The predicted octanol–water partition coefficient (Wildman–Crippen LogP) is 3.75. The van der Waals surface area contributed by atoms with Crippen molar-refractivity contribution in [3.05, 3.63) is 56.4 Å². The summed E-state index contributed by atoms with van der Waals surface area (Å²) in [4.78, 5) is 32.3. The maximum atomic E-state index is 13.2. The van der Waals surface area contributed by atoms with E-state index in [1.54, 1.807) is 28.9 Å². The van der Waals surface area contributed by atoms with Gasteiger partial charge < -0.3 is 14.8 Å². The lowest BCUT2D eigenvalue weighted by Crippen LogP contribution is -2.31. The molecule has 1 N–H and O–H groups in total. The number of amides is 1. The number of nitrogens with zero attached hydrogens (tertiary/aromatic N) is 2. The van der Waals surface area contributed by atoms with Crippen LogP contribution in [0.25, 0.3) is 4.96 Å². The number of rotatable bonds is 6. The maximum Gasteiger partial charge on any atom is 0.271 e. The average molecular weight is 442 g/mol. The topological polar surface area (TPSA) is 81.9 Å². The number of carbonyl (C=O) groups is 1. The van der Waals surface area contributed by atoms with Gasteiger partial charge in [0.1, 0.15) is 5.56 Å². The summed E-state index contributed by atoms with van der Waals surface area (Å²) in [6.45, 7) is 2.68. The number of nitrogens with one attached hydrogen (secondary N) is 1. The van der Waals surface area contributed by atoms with Gasteiger partial charge in [0.05, 0.1) is 13.7 Å². The fourth-order valence-electron chi connectivity index (χ4n) is 3.95. The van der Waals surface area contributed by atoms with E-state index in [0.29, 0.717) is 23.1 Å². The Kier molecular flexibility index (Phi) is 6.56. The molecule has 0 aliphatic heterocycles. The van der Waals surface area contributed by atoms with Gasteiger partial charge >= 0.3 is 0 Å². The van der Waals surface area contributed by atoms with Gasteiger partial charge in [0.2, 0.25) is 0 Å². The Morgan fingerprint density at radius 2 is 2.00 bits per heavy atom. The molecule has 0 radical (unpaired) electrons. The molecule has 1 aromatic carbocycles. The van der Waals surface area contributed by atoms with Crippen molar-refractivity contribution in [3.8, 4) is 11.5 Å². The van der Waals surface area contributed by atoms with Crippen LogP contribution in [0.5, 0.6) is 11.5 Å². The Bertz CT molecular complexity index is 1150. The third-order valence-corrected chi connectivity index (χ3v) is 6.68. The highest BCUT2D eigenvalue weighted by atomic mass is 32.1. The van der Waals surface area contributed by atoms with Crippen molar-refractivity contribution in [2.24, 2.45) is 0 Å². The Morgan fingerprint density at radius 3 is 2.77 bits per heavy atom. The first-order chi connectivity index (χ1) is 15.1. The summed E-state index contributed by atoms with van der Waals surface area (Å²) in [7, 11) is 1.59. The molecule has 31 heavy (non-hydrogen) atoms. The fraction of sp³-hybridized carbons (Fsp3) is 0.435. The normalized spacial score (nSPS) is 13.9. The monoisotopic (exact) mass is 441 g/mol. The van der Waals surface area contributed by atoms with Gasteiger partial charge in [0, 0.05) is 23.3 Å². The number of carbonyl (C=O) groups excluding carboxylic acids is 1. The molecule has 1 amide bonds. The molecule has 0 bridgehead atoms. The minimum absolute atomic E-state index is 0.0682. The zero-order valence-corrected chi connectivity index (χ0v) is 18.7. The van der Waals surface area contributed by atoms with Crippen molar-refractivity contribution in [1.82, 2.24) is 14.7 Å². The second kappa shape index (κ2) is 9.51. The van der Waals surface area contributed by atoms with E-state index in [4.69, 9.17) is 9.47 Å². The Morgan fingerprint density at radius 1 is 1.19 bits per heavy atom. The third kappa shape index (κ3) is 4.44. The molecular formula is C23H27N3O4S. The number of hydrogen-bond donors (Lipinski definition) is 1. The van der Waals surface area contributed by atoms with Crippen LogP contribution in [0.4, 0.5) is 0 Å². The van der Waals surface area contributed by atoms with Gasteiger partial charge in [-0.15, -0.1) is 11.3 Å². The molecule has 0 spiro atoms. The van der Waals surface area contributed by atoms with Crippen molar-refractivity contribution in [3.63, 3.8) is 0 Å². The molecule has 1 aliphatic carbocycles. The molecule has 2 aromatic heterocycles. The molecule has 4 rings (SSSR count). The molecule has 1 aliphatic rings. The zero-order valence-electron chi connectivity index (χ0n) is 17.9. The zero-order chi connectivity index (χ0) is 21.8. The minimum Gasteiger partial charge on any atom is -0.493 e. The third-order valence-electron chi connectivity index (χ3n) is 5.53. The summed E-state index contributed by atoms with van der Waals surface area (Å²) in [6, 6.07) is 5.49. The van der Waals surface area contributed by atoms with Crippen LogP contribution in [0.1, 0.15) is 59.1 Å². The van der Waals surface area contributed by atoms with E-state index >= 15 is 0 Å². The van der Waals surface area contributed by atoms with Crippen LogP contribution in [0.15, 0.2) is 29.2 Å². The highest BCUT2D eigenvalue weighted by Crippen LogP contribution is 2.28. The Labute approximate surface area is 185 Å². The summed E-state index contributed by atoms with van der Waals surface area (Å²) in [5.41, 5.74) is 1.67. The van der Waals surface area contributed by atoms with Gasteiger partial charge in [-0.3, -0.25) is 14.0 Å². The molecule has 8 heteroatoms. The van der Waals surface area contributed by atoms with Gasteiger partial charge in [-0.1, -0.05) is 18.9 Å². The first-order valence-electron chi connectivity index (χ1n) is 10.7. The number of fused-ring (bicyclic) bond motifs is 3. The number of ether oxygens (including phenoxy) is 2. The van der Waals surface area contributed by atoms with Crippen molar-refractivity contribution >= 4 is 22.2 Å². The first-order valence-corrected chi connectivity index (χ1v) is 11.5. The molecule has 164 valence electrons. The molecule has 0 saturated heterocycles. The highest BCUT2D eigenvalue weighted by molar-refractivity contribution is 7.17. The molecule has 3 aromatic rings. The van der Waals surface area contributed by atoms with E-state index in [2.05, 4.69) is 10.3 Å². The van der Waals surface area contributed by atoms with Crippen molar-refractivity contribution in [1.29, 1.82) is 0 Å². The van der Waals surface area contributed by atoms with Crippen molar-refractivity contribution in [2.75, 3.05) is 13.7 Å². The summed E-state index contributed by atoms with van der Waals surface area (Å²) in [6.07, 6.45) is 7.81. The largest absolute Gasteiger partial charge is 0.493 e. The lowest BCUT2D eigenvalue weighted by Gasteiger charge is -2.12. The van der Waals surface area contributed by atoms with Gasteiger partial charge in [-0.05, 0) is 50.3 Å². The highest BCUT2D eigenvalue weighted by Gasteiger charge is 2.20. The van der Waals surface area contributed by atoms with E-state index in [1.807, 2.05) is 19.1 Å². The quantitative estimate of drug-likeness (QED) is 0.630. The first kappa shape index (κ1) is 21.4. The molecular weight excluding hydrogens is 414 g/mol. The SMILES string of the molecule is CCOc1cc(CNC(=O)c2cnc3sc4c(n3c2=O)CCCCCC4)ccc1OC. The van der Waals surface area contributed by atoms with Crippen LogP contribution in [0, 0.1) is 0 Å². The van der Waals surface area contributed by atoms with Gasteiger partial charge in [-0.25, -0.2) is 4.98 Å². The molecule has 0 saturated carbocycles. The van der Waals surface area contributed by atoms with Gasteiger partial charge in [0.25, 0.3) is 11.5 Å². The van der Waals surface area contributed by atoms with E-state index in [0.717, 1.165) is 36.9 Å². The van der Waals surface area contributed by atoms with Crippen LogP contribution in [0.3, 0.4) is 0 Å². The molecule has 0 atom stereocenters. The molecule has 0 fully saturated rings. The van der Waals surface area contributed by atoms with Crippen molar-refractivity contribution < 1.29 is 14.3 Å². The van der Waals surface area contributed by atoms with E-state index < -0.39 is 5.91 Å². The van der Waals surface area contributed by atoms with Gasteiger partial charge in [-0.2, -0.15) is 0 Å². The van der Waals surface area contributed by atoms with E-state index in [1.165, 1.54) is 23.9 Å². The molecule has 7 nitrogen and oxygen atoms in total. The van der Waals surface area contributed by atoms with Crippen molar-refractivity contribution in [2.45, 2.75) is 52.0 Å². The Hall–Kier alpha value is -2.87. The molecule has 0 unspecified atom stereocenters. The van der Waals surface area contributed by atoms with E-state index in [9.17, 15) is 9.59 Å². The second-order valence-electron chi connectivity index (χ2n) is 7.58. The number of hydrogen-bond acceptors (Lipinski definition) is 6. The predicted molar refractivity (Wildman–Crippen MR) is 121 cm³/mol. The van der Waals surface area contributed by atoms with Crippen LogP contribution in [-0.4, -0.2) is 29.0 Å². The summed E-state index contributed by atoms with van der Waals surface area (Å²) < 4.78 is 12.5. The standard InChI is InChI=1S/C23H27N3O4S/c1-3-30-19-12-15(10-11-18(19)29-2)13-24-21(27)16-14-25-23-26(22(16)28)17-8-6-4-5-7-9-20(17)31-23/h10-12,14H,3-9,13H2,1-2H3,(H,24,27). The van der Waals surface area contributed by atoms with E-state index in [-0.39, 0.29) is 17.7 Å². The number of aryl methyl sites for hydroxylation is 2. The lowest BCUT2D eigenvalue weighted by molar-refractivity contribution is 0.0949. The summed E-state index contributed by atoms with van der Waals surface area (Å²) in [5, 5.41) is 2.84. The fourth-order valence-corrected chi connectivity index (χ4v) is 5.12. The number of aromatic nitrogens is 2. The molecule has 2 heterocycles. The average Bonchev–Trinajstić information content (AvgIpc) is 3.10. The van der Waals surface area contributed by atoms with Gasteiger partial charge in [0.15, 0.2) is 16.5 Å². The smallest absolute Gasteiger partial charge is 0.271 e. The maximum absolute atomic E-state index is 13.2. The minimum atomic E-state index is -0.425.